The van der Waals surface area contributed by atoms with Crippen LogP contribution in [0.2, 0.25) is 0 Å². The van der Waals surface area contributed by atoms with Crippen LogP contribution in [0.15, 0.2) is 18.2 Å². The van der Waals surface area contributed by atoms with Gasteiger partial charge in [0.15, 0.2) is 22.2 Å². The second-order valence-corrected chi connectivity index (χ2v) is 4.33. The van der Waals surface area contributed by atoms with Crippen molar-refractivity contribution in [3.63, 3.8) is 0 Å². The fourth-order valence-corrected chi connectivity index (χ4v) is 1.97. The molecule has 0 fully saturated rings. The number of aromatic amines is 1. The van der Waals surface area contributed by atoms with Crippen LogP contribution in [0, 0.1) is 16.4 Å². The zero-order valence-electron chi connectivity index (χ0n) is 9.37. The van der Waals surface area contributed by atoms with E-state index in [1.165, 1.54) is 6.07 Å². The molecule has 17 heavy (non-hydrogen) atoms. The van der Waals surface area contributed by atoms with Crippen LogP contribution in [0.4, 0.5) is 8.78 Å². The van der Waals surface area contributed by atoms with Crippen LogP contribution in [0.25, 0.3) is 11.4 Å². The predicted octanol–water partition coefficient (Wildman–Crippen LogP) is 3.47. The number of hydrogen-bond donors (Lipinski definition) is 1. The number of nitrogens with zero attached hydrogens (tertiary/aromatic N) is 2. The molecule has 0 saturated carbocycles. The highest BCUT2D eigenvalue weighted by Crippen LogP contribution is 2.22. The van der Waals surface area contributed by atoms with E-state index < -0.39 is 11.6 Å². The van der Waals surface area contributed by atoms with E-state index in [4.69, 9.17) is 12.2 Å². The van der Waals surface area contributed by atoms with Crippen molar-refractivity contribution in [1.82, 2.24) is 14.8 Å². The van der Waals surface area contributed by atoms with Crippen LogP contribution in [0.3, 0.4) is 0 Å². The average Bonchev–Trinajstić information content (AvgIpc) is 2.64. The molecule has 0 aliphatic heterocycles. The van der Waals surface area contributed by atoms with Gasteiger partial charge in [-0.25, -0.2) is 8.78 Å². The predicted molar refractivity (Wildman–Crippen MR) is 63.1 cm³/mol. The molecule has 0 unspecified atom stereocenters. The van der Waals surface area contributed by atoms with Gasteiger partial charge in [-0.1, -0.05) is 0 Å². The van der Waals surface area contributed by atoms with E-state index in [1.807, 2.05) is 13.8 Å². The lowest BCUT2D eigenvalue weighted by Crippen LogP contribution is -2.03. The van der Waals surface area contributed by atoms with Crippen LogP contribution in [0.5, 0.6) is 0 Å². The normalized spacial score (nSPS) is 11.1. The summed E-state index contributed by atoms with van der Waals surface area (Å²) in [6, 6.07) is 3.75. The van der Waals surface area contributed by atoms with Crippen LogP contribution in [0.1, 0.15) is 19.9 Å². The van der Waals surface area contributed by atoms with Crippen LogP contribution in [-0.2, 0) is 0 Å². The van der Waals surface area contributed by atoms with Gasteiger partial charge in [-0.3, -0.25) is 9.67 Å². The molecule has 1 N–H and O–H groups in total. The van der Waals surface area contributed by atoms with Crippen molar-refractivity contribution in [2.45, 2.75) is 19.9 Å². The molecule has 3 nitrogen and oxygen atoms in total. The first-order chi connectivity index (χ1) is 8.00. The summed E-state index contributed by atoms with van der Waals surface area (Å²) < 4.78 is 28.2. The second-order valence-electron chi connectivity index (χ2n) is 3.95. The molecule has 0 spiro atoms. The third kappa shape index (κ3) is 2.12. The molecule has 0 amide bonds. The first-order valence-corrected chi connectivity index (χ1v) is 5.54. The molecule has 0 radical (unpaired) electrons. The number of nitrogens with one attached hydrogen (secondary N) is 1. The lowest BCUT2D eigenvalue weighted by molar-refractivity contribution is 0.508. The van der Waals surface area contributed by atoms with Gasteiger partial charge in [0.2, 0.25) is 0 Å². The highest BCUT2D eigenvalue weighted by atomic mass is 32.1. The Hall–Kier alpha value is -1.56. The Kier molecular flexibility index (Phi) is 3.06. The van der Waals surface area contributed by atoms with Crippen molar-refractivity contribution >= 4 is 12.2 Å². The quantitative estimate of drug-likeness (QED) is 0.834. The van der Waals surface area contributed by atoms with Crippen molar-refractivity contribution in [1.29, 1.82) is 0 Å². The Morgan fingerprint density at radius 3 is 2.59 bits per heavy atom. The molecule has 1 aromatic heterocycles. The number of H-pyrrole nitrogens is 1. The lowest BCUT2D eigenvalue weighted by atomic mass is 10.2. The van der Waals surface area contributed by atoms with E-state index in [2.05, 4.69) is 10.2 Å². The molecule has 2 aromatic rings. The maximum atomic E-state index is 13.2. The van der Waals surface area contributed by atoms with Gasteiger partial charge in [0, 0.05) is 11.6 Å². The summed E-state index contributed by atoms with van der Waals surface area (Å²) >= 11 is 5.08. The van der Waals surface area contributed by atoms with Crippen LogP contribution >= 0.6 is 12.2 Å². The molecular weight excluding hydrogens is 244 g/mol. The summed E-state index contributed by atoms with van der Waals surface area (Å²) in [7, 11) is 0. The molecule has 90 valence electrons. The summed E-state index contributed by atoms with van der Waals surface area (Å²) in [4.78, 5) is 0. The number of benzene rings is 1. The molecule has 0 aliphatic carbocycles. The van der Waals surface area contributed by atoms with E-state index >= 15 is 0 Å². The first-order valence-electron chi connectivity index (χ1n) is 5.13. The number of aromatic nitrogens is 3. The van der Waals surface area contributed by atoms with E-state index in [1.54, 1.807) is 4.57 Å². The number of halogens is 2. The maximum absolute atomic E-state index is 13.2. The molecule has 0 bridgehead atoms. The standard InChI is InChI=1S/C11H11F2N3S/c1-6(2)16-10(14-15-11(16)17)7-3-4-8(12)9(13)5-7/h3-6H,1-2H3,(H,15,17). The van der Waals surface area contributed by atoms with E-state index in [0.29, 0.717) is 16.2 Å². The maximum Gasteiger partial charge on any atom is 0.195 e. The van der Waals surface area contributed by atoms with Gasteiger partial charge in [-0.15, -0.1) is 0 Å². The SMILES string of the molecule is CC(C)n1c(-c2ccc(F)c(F)c2)n[nH]c1=S. The van der Waals surface area contributed by atoms with Gasteiger partial charge in [-0.2, -0.15) is 5.10 Å². The second kappa shape index (κ2) is 4.37. The van der Waals surface area contributed by atoms with Crippen molar-refractivity contribution in [3.8, 4) is 11.4 Å². The lowest BCUT2D eigenvalue weighted by Gasteiger charge is -2.10. The van der Waals surface area contributed by atoms with Gasteiger partial charge < -0.3 is 0 Å². The molecule has 0 aliphatic rings. The Balaban J connectivity index is 2.61. The Morgan fingerprint density at radius 2 is 2.00 bits per heavy atom. The summed E-state index contributed by atoms with van der Waals surface area (Å²) in [5.74, 6) is -1.27. The topological polar surface area (TPSA) is 33.6 Å². The fourth-order valence-electron chi connectivity index (χ4n) is 1.62. The Labute approximate surface area is 102 Å². The summed E-state index contributed by atoms with van der Waals surface area (Å²) in [5, 5.41) is 6.69. The molecule has 1 aromatic carbocycles. The Morgan fingerprint density at radius 1 is 1.29 bits per heavy atom. The van der Waals surface area contributed by atoms with Crippen LogP contribution in [-0.4, -0.2) is 14.8 Å². The van der Waals surface area contributed by atoms with Gasteiger partial charge in [0.25, 0.3) is 0 Å². The smallest absolute Gasteiger partial charge is 0.195 e. The fraction of sp³-hybridized carbons (Fsp3) is 0.273. The van der Waals surface area contributed by atoms with Crippen molar-refractivity contribution in [3.05, 3.63) is 34.6 Å². The minimum atomic E-state index is -0.897. The third-order valence-electron chi connectivity index (χ3n) is 2.40. The van der Waals surface area contributed by atoms with Gasteiger partial charge in [0.1, 0.15) is 0 Å². The Bertz CT molecular complexity index is 601. The summed E-state index contributed by atoms with van der Waals surface area (Å²) in [5.41, 5.74) is 0.491. The molecule has 1 heterocycles. The largest absolute Gasteiger partial charge is 0.298 e. The monoisotopic (exact) mass is 255 g/mol. The molecule has 0 atom stereocenters. The minimum absolute atomic E-state index is 0.0874. The molecule has 0 saturated heterocycles. The zero-order valence-corrected chi connectivity index (χ0v) is 10.2. The minimum Gasteiger partial charge on any atom is -0.298 e. The zero-order chi connectivity index (χ0) is 12.6. The van der Waals surface area contributed by atoms with E-state index in [9.17, 15) is 8.78 Å². The number of rotatable bonds is 2. The van der Waals surface area contributed by atoms with Crippen LogP contribution < -0.4 is 0 Å². The average molecular weight is 255 g/mol. The molecular formula is C11H11F2N3S. The molecule has 2 rings (SSSR count). The van der Waals surface area contributed by atoms with Crippen molar-refractivity contribution in [2.75, 3.05) is 0 Å². The van der Waals surface area contributed by atoms with E-state index in [0.717, 1.165) is 12.1 Å². The van der Waals surface area contributed by atoms with Gasteiger partial charge in [0.05, 0.1) is 0 Å². The number of hydrogen-bond acceptors (Lipinski definition) is 2. The van der Waals surface area contributed by atoms with Gasteiger partial charge in [-0.05, 0) is 44.3 Å². The van der Waals surface area contributed by atoms with Crippen molar-refractivity contribution in [2.24, 2.45) is 0 Å². The van der Waals surface area contributed by atoms with Crippen molar-refractivity contribution < 1.29 is 8.78 Å². The summed E-state index contributed by atoms with van der Waals surface area (Å²) in [6.07, 6.45) is 0. The highest BCUT2D eigenvalue weighted by molar-refractivity contribution is 7.71. The van der Waals surface area contributed by atoms with E-state index in [-0.39, 0.29) is 6.04 Å². The molecule has 6 heteroatoms. The third-order valence-corrected chi connectivity index (χ3v) is 2.69. The first kappa shape index (κ1) is 11.9. The highest BCUT2D eigenvalue weighted by Gasteiger charge is 2.13. The summed E-state index contributed by atoms with van der Waals surface area (Å²) in [6.45, 7) is 3.88. The van der Waals surface area contributed by atoms with Gasteiger partial charge >= 0.3 is 0 Å².